The normalized spacial score (nSPS) is 9.27. The molecule has 0 aliphatic rings. The van der Waals surface area contributed by atoms with Gasteiger partial charge in [-0.15, -0.1) is 0 Å². The number of methoxy groups -OCH3 is 1. The Labute approximate surface area is 64.1 Å². The van der Waals surface area contributed by atoms with Gasteiger partial charge in [0.25, 0.3) is 0 Å². The topological polar surface area (TPSA) is 64.7 Å². The van der Waals surface area contributed by atoms with Crippen LogP contribution in [-0.4, -0.2) is 12.4 Å². The van der Waals surface area contributed by atoms with E-state index in [1.54, 1.807) is 12.1 Å². The second-order valence-corrected chi connectivity index (χ2v) is 2.00. The molecule has 0 spiro atoms. The number of ether oxygens (including phenoxy) is 1. The van der Waals surface area contributed by atoms with E-state index in [0.717, 1.165) is 0 Å². The van der Waals surface area contributed by atoms with Gasteiger partial charge in [-0.25, -0.2) is 5.26 Å². The lowest BCUT2D eigenvalue weighted by Gasteiger charge is -2.03. The van der Waals surface area contributed by atoms with E-state index in [0.29, 0.717) is 11.4 Å². The third kappa shape index (κ3) is 1.53. The Morgan fingerprint density at radius 1 is 1.45 bits per heavy atom. The van der Waals surface area contributed by atoms with Gasteiger partial charge >= 0.3 is 0 Å². The molecule has 0 amide bonds. The average Bonchev–Trinajstić information content (AvgIpc) is 2.05. The molecule has 0 unspecified atom stereocenters. The molecule has 0 atom stereocenters. The third-order valence-corrected chi connectivity index (χ3v) is 1.32. The highest BCUT2D eigenvalue weighted by Crippen LogP contribution is 2.25. The number of nitrogen functional groups attached to an aromatic ring is 1. The van der Waals surface area contributed by atoms with Crippen LogP contribution >= 0.6 is 0 Å². The van der Waals surface area contributed by atoms with Crippen molar-refractivity contribution in [1.82, 2.24) is 0 Å². The summed E-state index contributed by atoms with van der Waals surface area (Å²) in [6.45, 7) is 0. The lowest BCUT2D eigenvalue weighted by atomic mass is 10.3. The van der Waals surface area contributed by atoms with Crippen LogP contribution in [0.4, 0.5) is 5.69 Å². The van der Waals surface area contributed by atoms with Gasteiger partial charge in [0.1, 0.15) is 5.75 Å². The Balaban J connectivity index is 3.02. The molecule has 11 heavy (non-hydrogen) atoms. The van der Waals surface area contributed by atoms with E-state index in [1.165, 1.54) is 13.2 Å². The zero-order chi connectivity index (χ0) is 8.27. The molecule has 0 aliphatic heterocycles. The molecule has 4 heteroatoms. The molecular formula is C7H9NO3. The van der Waals surface area contributed by atoms with Crippen molar-refractivity contribution in [1.29, 1.82) is 0 Å². The van der Waals surface area contributed by atoms with Crippen molar-refractivity contribution in [3.63, 3.8) is 0 Å². The summed E-state index contributed by atoms with van der Waals surface area (Å²) in [5, 5.41) is 8.30. The maximum atomic E-state index is 8.30. The standard InChI is InChI=1S/C7H9NO3/c1-10-5-2-3-6(8)7(4-5)11-9/h2-4,9H,8H2,1H3. The lowest BCUT2D eigenvalue weighted by molar-refractivity contribution is -0.136. The molecule has 0 radical (unpaired) electrons. The summed E-state index contributed by atoms with van der Waals surface area (Å²) in [5.74, 6) is 0.785. The second kappa shape index (κ2) is 3.12. The molecule has 3 N–H and O–H groups in total. The lowest BCUT2D eigenvalue weighted by Crippen LogP contribution is -1.93. The van der Waals surface area contributed by atoms with E-state index < -0.39 is 0 Å². The average molecular weight is 155 g/mol. The molecule has 0 aromatic heterocycles. The highest BCUT2D eigenvalue weighted by Gasteiger charge is 2.00. The molecule has 1 rings (SSSR count). The highest BCUT2D eigenvalue weighted by molar-refractivity contribution is 5.55. The van der Waals surface area contributed by atoms with E-state index >= 15 is 0 Å². The number of anilines is 1. The van der Waals surface area contributed by atoms with E-state index in [4.69, 9.17) is 15.7 Å². The quantitative estimate of drug-likeness (QED) is 0.381. The molecule has 1 aromatic carbocycles. The zero-order valence-corrected chi connectivity index (χ0v) is 6.07. The predicted molar refractivity (Wildman–Crippen MR) is 40.7 cm³/mol. The van der Waals surface area contributed by atoms with Gasteiger partial charge in [-0.3, -0.25) is 0 Å². The van der Waals surface area contributed by atoms with Gasteiger partial charge < -0.3 is 15.4 Å². The van der Waals surface area contributed by atoms with E-state index in [-0.39, 0.29) is 5.75 Å². The number of benzene rings is 1. The summed E-state index contributed by atoms with van der Waals surface area (Å²) in [5.41, 5.74) is 5.78. The van der Waals surface area contributed by atoms with Crippen LogP contribution in [0.15, 0.2) is 18.2 Å². The van der Waals surface area contributed by atoms with Crippen LogP contribution in [0.3, 0.4) is 0 Å². The highest BCUT2D eigenvalue weighted by atomic mass is 17.1. The molecule has 0 bridgehead atoms. The van der Waals surface area contributed by atoms with Gasteiger partial charge in [-0.1, -0.05) is 0 Å². The molecule has 1 aromatic rings. The van der Waals surface area contributed by atoms with Crippen LogP contribution in [0.5, 0.6) is 11.5 Å². The molecule has 0 fully saturated rings. The molecule has 0 heterocycles. The Hall–Kier alpha value is -1.42. The minimum Gasteiger partial charge on any atom is -0.497 e. The number of hydrogen-bond donors (Lipinski definition) is 2. The van der Waals surface area contributed by atoms with Gasteiger partial charge in [0.15, 0.2) is 5.75 Å². The monoisotopic (exact) mass is 155 g/mol. The number of rotatable bonds is 2. The van der Waals surface area contributed by atoms with Crippen LogP contribution in [0.25, 0.3) is 0 Å². The van der Waals surface area contributed by atoms with Crippen molar-refractivity contribution in [3.8, 4) is 11.5 Å². The Morgan fingerprint density at radius 2 is 2.18 bits per heavy atom. The summed E-state index contributed by atoms with van der Waals surface area (Å²) in [7, 11) is 1.52. The molecule has 0 saturated carbocycles. The van der Waals surface area contributed by atoms with Crippen LogP contribution in [0, 0.1) is 0 Å². The molecular weight excluding hydrogens is 146 g/mol. The summed E-state index contributed by atoms with van der Waals surface area (Å²) in [6, 6.07) is 4.76. The van der Waals surface area contributed by atoms with Gasteiger partial charge in [-0.2, -0.15) is 0 Å². The van der Waals surface area contributed by atoms with Crippen LogP contribution < -0.4 is 15.4 Å². The minimum absolute atomic E-state index is 0.198. The fraction of sp³-hybridized carbons (Fsp3) is 0.143. The largest absolute Gasteiger partial charge is 0.497 e. The zero-order valence-electron chi connectivity index (χ0n) is 6.07. The first-order chi connectivity index (χ1) is 5.27. The van der Waals surface area contributed by atoms with Gasteiger partial charge in [-0.05, 0) is 12.1 Å². The minimum atomic E-state index is 0.198. The van der Waals surface area contributed by atoms with Gasteiger partial charge in [0.2, 0.25) is 0 Å². The smallest absolute Gasteiger partial charge is 0.191 e. The van der Waals surface area contributed by atoms with Crippen molar-refractivity contribution in [3.05, 3.63) is 18.2 Å². The maximum Gasteiger partial charge on any atom is 0.191 e. The Bertz CT molecular complexity index is 249. The van der Waals surface area contributed by atoms with Gasteiger partial charge in [0.05, 0.1) is 12.8 Å². The SMILES string of the molecule is COc1ccc(N)c(OO)c1. The summed E-state index contributed by atoms with van der Waals surface area (Å²) < 4.78 is 4.86. The summed E-state index contributed by atoms with van der Waals surface area (Å²) in [4.78, 5) is 3.98. The van der Waals surface area contributed by atoms with Crippen molar-refractivity contribution in [2.75, 3.05) is 12.8 Å². The second-order valence-electron chi connectivity index (χ2n) is 2.00. The van der Waals surface area contributed by atoms with Crippen molar-refractivity contribution >= 4 is 5.69 Å². The van der Waals surface area contributed by atoms with Crippen LogP contribution in [0.1, 0.15) is 0 Å². The first kappa shape index (κ1) is 7.68. The molecule has 60 valence electrons. The number of nitrogens with two attached hydrogens (primary N) is 1. The van der Waals surface area contributed by atoms with Crippen molar-refractivity contribution in [2.45, 2.75) is 0 Å². The van der Waals surface area contributed by atoms with Gasteiger partial charge in [0, 0.05) is 6.07 Å². The van der Waals surface area contributed by atoms with Crippen molar-refractivity contribution < 1.29 is 14.9 Å². The Morgan fingerprint density at radius 3 is 2.73 bits per heavy atom. The van der Waals surface area contributed by atoms with Crippen LogP contribution in [-0.2, 0) is 0 Å². The Kier molecular flexibility index (Phi) is 2.18. The predicted octanol–water partition coefficient (Wildman–Crippen LogP) is 1.13. The third-order valence-electron chi connectivity index (χ3n) is 1.32. The fourth-order valence-electron chi connectivity index (χ4n) is 0.721. The number of hydrogen-bond acceptors (Lipinski definition) is 4. The maximum absolute atomic E-state index is 8.30. The van der Waals surface area contributed by atoms with Crippen LogP contribution in [0.2, 0.25) is 0 Å². The first-order valence-corrected chi connectivity index (χ1v) is 3.03. The first-order valence-electron chi connectivity index (χ1n) is 3.03. The summed E-state index contributed by atoms with van der Waals surface area (Å²) in [6.07, 6.45) is 0. The summed E-state index contributed by atoms with van der Waals surface area (Å²) >= 11 is 0. The van der Waals surface area contributed by atoms with E-state index in [1.807, 2.05) is 0 Å². The molecule has 0 aliphatic carbocycles. The molecule has 0 saturated heterocycles. The molecule has 4 nitrogen and oxygen atoms in total. The fourth-order valence-corrected chi connectivity index (χ4v) is 0.721. The van der Waals surface area contributed by atoms with E-state index in [9.17, 15) is 0 Å². The van der Waals surface area contributed by atoms with Crippen molar-refractivity contribution in [2.24, 2.45) is 0 Å². The van der Waals surface area contributed by atoms with E-state index in [2.05, 4.69) is 4.89 Å².